The number of allylic oxidation sites excluding steroid dienone is 2. The second kappa shape index (κ2) is 3.97. The fraction of sp³-hybridized carbons (Fsp3) is 0.833. The highest BCUT2D eigenvalue weighted by molar-refractivity contribution is 6.89. The minimum atomic E-state index is -1.01. The van der Waals surface area contributed by atoms with Gasteiger partial charge >= 0.3 is 0 Å². The molecule has 0 atom stereocenters. The summed E-state index contributed by atoms with van der Waals surface area (Å²) in [5.41, 5.74) is 0. The maximum Gasteiger partial charge on any atom is 0.0718 e. The zero-order valence-corrected chi connectivity index (χ0v) is 12.8. The van der Waals surface area contributed by atoms with Gasteiger partial charge in [0.1, 0.15) is 0 Å². The Balaban J connectivity index is 3.10. The molecular formula is C12H26Si2. The van der Waals surface area contributed by atoms with Gasteiger partial charge in [0.15, 0.2) is 0 Å². The third-order valence-electron chi connectivity index (χ3n) is 3.28. The van der Waals surface area contributed by atoms with Gasteiger partial charge in [-0.25, -0.2) is 0 Å². The molecule has 0 N–H and O–H groups in total. The van der Waals surface area contributed by atoms with Crippen molar-refractivity contribution in [3.05, 3.63) is 10.4 Å². The van der Waals surface area contributed by atoms with Crippen LogP contribution in [0.25, 0.3) is 0 Å². The third kappa shape index (κ3) is 2.83. The molecule has 0 aromatic rings. The molecule has 0 amide bonds. The van der Waals surface area contributed by atoms with Crippen molar-refractivity contribution in [3.8, 4) is 0 Å². The van der Waals surface area contributed by atoms with E-state index in [1.54, 1.807) is 0 Å². The molecule has 2 heteroatoms. The Bertz CT molecular complexity index is 212. The maximum absolute atomic E-state index is 2.52. The van der Waals surface area contributed by atoms with Crippen LogP contribution in [0.4, 0.5) is 0 Å². The molecule has 0 radical (unpaired) electrons. The van der Waals surface area contributed by atoms with E-state index in [0.29, 0.717) is 0 Å². The van der Waals surface area contributed by atoms with Crippen molar-refractivity contribution >= 4 is 16.1 Å². The van der Waals surface area contributed by atoms with Gasteiger partial charge in [0.05, 0.1) is 16.1 Å². The predicted molar refractivity (Wildman–Crippen MR) is 72.2 cm³/mol. The first-order chi connectivity index (χ1) is 6.23. The summed E-state index contributed by atoms with van der Waals surface area (Å²) in [5.74, 6) is 0. The van der Waals surface area contributed by atoms with Gasteiger partial charge in [-0.2, -0.15) is 0 Å². The first-order valence-electron chi connectivity index (χ1n) is 5.96. The molecule has 0 fully saturated rings. The van der Waals surface area contributed by atoms with Crippen molar-refractivity contribution in [2.75, 3.05) is 0 Å². The van der Waals surface area contributed by atoms with Gasteiger partial charge in [-0.3, -0.25) is 0 Å². The van der Waals surface area contributed by atoms with Gasteiger partial charge in [-0.05, 0) is 25.7 Å². The lowest BCUT2D eigenvalue weighted by atomic mass is 10.1. The lowest BCUT2D eigenvalue weighted by molar-refractivity contribution is 0.704. The van der Waals surface area contributed by atoms with E-state index in [1.807, 2.05) is 10.4 Å². The van der Waals surface area contributed by atoms with Gasteiger partial charge in [0.25, 0.3) is 0 Å². The van der Waals surface area contributed by atoms with Crippen molar-refractivity contribution in [1.29, 1.82) is 0 Å². The number of rotatable bonds is 2. The molecule has 0 unspecified atom stereocenters. The zero-order chi connectivity index (χ0) is 11.0. The Labute approximate surface area is 91.8 Å². The fourth-order valence-corrected chi connectivity index (χ4v) is 8.72. The van der Waals surface area contributed by atoms with E-state index in [-0.39, 0.29) is 0 Å². The molecule has 14 heavy (non-hydrogen) atoms. The van der Waals surface area contributed by atoms with Crippen LogP contribution >= 0.6 is 0 Å². The average Bonchev–Trinajstić information content (AvgIpc) is 2.01. The molecule has 0 spiro atoms. The Hall–Kier alpha value is 0.174. The Morgan fingerprint density at radius 2 is 0.929 bits per heavy atom. The van der Waals surface area contributed by atoms with E-state index < -0.39 is 16.1 Å². The number of hydrogen-bond acceptors (Lipinski definition) is 0. The molecule has 82 valence electrons. The van der Waals surface area contributed by atoms with Crippen molar-refractivity contribution in [1.82, 2.24) is 0 Å². The van der Waals surface area contributed by atoms with Crippen molar-refractivity contribution in [2.24, 2.45) is 0 Å². The summed E-state index contributed by atoms with van der Waals surface area (Å²) in [6.07, 6.45) is 5.76. The third-order valence-corrected chi connectivity index (χ3v) is 8.25. The molecule has 0 aromatic heterocycles. The van der Waals surface area contributed by atoms with E-state index in [9.17, 15) is 0 Å². The summed E-state index contributed by atoms with van der Waals surface area (Å²) < 4.78 is 0. The molecule has 1 aliphatic rings. The van der Waals surface area contributed by atoms with Crippen molar-refractivity contribution in [3.63, 3.8) is 0 Å². The zero-order valence-electron chi connectivity index (χ0n) is 10.8. The van der Waals surface area contributed by atoms with Gasteiger partial charge in [0, 0.05) is 0 Å². The second-order valence-electron chi connectivity index (χ2n) is 6.66. The van der Waals surface area contributed by atoms with Crippen LogP contribution < -0.4 is 0 Å². The molecule has 0 saturated carbocycles. The summed E-state index contributed by atoms with van der Waals surface area (Å²) >= 11 is 0. The van der Waals surface area contributed by atoms with E-state index in [2.05, 4.69) is 39.3 Å². The van der Waals surface area contributed by atoms with E-state index in [1.165, 1.54) is 25.7 Å². The highest BCUT2D eigenvalue weighted by Crippen LogP contribution is 2.36. The Morgan fingerprint density at radius 1 is 0.643 bits per heavy atom. The average molecular weight is 227 g/mol. The monoisotopic (exact) mass is 226 g/mol. The van der Waals surface area contributed by atoms with Crippen LogP contribution in [0, 0.1) is 0 Å². The molecule has 0 saturated heterocycles. The van der Waals surface area contributed by atoms with Gasteiger partial charge in [0.2, 0.25) is 0 Å². The van der Waals surface area contributed by atoms with Gasteiger partial charge < -0.3 is 0 Å². The van der Waals surface area contributed by atoms with Crippen molar-refractivity contribution in [2.45, 2.75) is 65.0 Å². The Kier molecular flexibility index (Phi) is 3.47. The molecule has 0 bridgehead atoms. The topological polar surface area (TPSA) is 0 Å². The summed E-state index contributed by atoms with van der Waals surface area (Å²) in [6.45, 7) is 15.1. The first kappa shape index (κ1) is 12.2. The molecular weight excluding hydrogens is 200 g/mol. The molecule has 1 rings (SSSR count). The quantitative estimate of drug-likeness (QED) is 0.603. The first-order valence-corrected chi connectivity index (χ1v) is 13.0. The molecule has 0 aliphatic heterocycles. The highest BCUT2D eigenvalue weighted by atomic mass is 28.3. The van der Waals surface area contributed by atoms with Crippen LogP contribution in [0.1, 0.15) is 25.7 Å². The molecule has 0 aromatic carbocycles. The van der Waals surface area contributed by atoms with Gasteiger partial charge in [-0.15, -0.1) is 0 Å². The molecule has 1 aliphatic carbocycles. The summed E-state index contributed by atoms with van der Waals surface area (Å²) in [7, 11) is -2.03. The van der Waals surface area contributed by atoms with Crippen molar-refractivity contribution < 1.29 is 0 Å². The lowest BCUT2D eigenvalue weighted by Crippen LogP contribution is -2.35. The SMILES string of the molecule is C[Si](C)(C)C1=C([Si](C)(C)C)CCCC1. The standard InChI is InChI=1S/C12H26Si2/c1-13(2,3)11-9-7-8-10-12(11)14(4,5)6/h7-10H2,1-6H3. The van der Waals surface area contributed by atoms with Crippen LogP contribution in [0.3, 0.4) is 0 Å². The summed E-state index contributed by atoms with van der Waals surface area (Å²) in [6, 6.07) is 0. The largest absolute Gasteiger partial charge is 0.0855 e. The van der Waals surface area contributed by atoms with Crippen LogP contribution in [-0.2, 0) is 0 Å². The van der Waals surface area contributed by atoms with Crippen LogP contribution in [0.15, 0.2) is 10.4 Å². The maximum atomic E-state index is 2.52. The van der Waals surface area contributed by atoms with Crippen LogP contribution in [-0.4, -0.2) is 16.1 Å². The van der Waals surface area contributed by atoms with E-state index in [4.69, 9.17) is 0 Å². The van der Waals surface area contributed by atoms with E-state index in [0.717, 1.165) is 0 Å². The lowest BCUT2D eigenvalue weighted by Gasteiger charge is -2.35. The highest BCUT2D eigenvalue weighted by Gasteiger charge is 2.31. The van der Waals surface area contributed by atoms with E-state index >= 15 is 0 Å². The van der Waals surface area contributed by atoms with Crippen LogP contribution in [0.5, 0.6) is 0 Å². The van der Waals surface area contributed by atoms with Gasteiger partial charge in [-0.1, -0.05) is 49.7 Å². The predicted octanol–water partition coefficient (Wildman–Crippen LogP) is 4.61. The molecule has 0 nitrogen and oxygen atoms in total. The minimum Gasteiger partial charge on any atom is -0.0855 e. The number of hydrogen-bond donors (Lipinski definition) is 0. The normalized spacial score (nSPS) is 20.1. The Morgan fingerprint density at radius 3 is 1.14 bits per heavy atom. The van der Waals surface area contributed by atoms with Crippen LogP contribution in [0.2, 0.25) is 39.3 Å². The fourth-order valence-electron chi connectivity index (χ4n) is 2.56. The summed E-state index contributed by atoms with van der Waals surface area (Å²) in [4.78, 5) is 0. The summed E-state index contributed by atoms with van der Waals surface area (Å²) in [5, 5.41) is 3.87. The smallest absolute Gasteiger partial charge is 0.0718 e. The minimum absolute atomic E-state index is 1.01. The molecule has 0 heterocycles. The second-order valence-corrected chi connectivity index (χ2v) is 16.9.